The van der Waals surface area contributed by atoms with E-state index in [4.69, 9.17) is 17.7 Å². The number of hydrogen-bond donors (Lipinski definition) is 1. The van der Waals surface area contributed by atoms with E-state index >= 15 is 0 Å². The maximum atomic E-state index is 12.8. The fraction of sp³-hybridized carbons (Fsp3) is 0.294. The number of methoxy groups -OCH3 is 2. The molecule has 1 unspecified atom stereocenters. The Bertz CT molecular complexity index is 1070. The summed E-state index contributed by atoms with van der Waals surface area (Å²) < 4.78 is 66.2. The van der Waals surface area contributed by atoms with Crippen LogP contribution in [0.3, 0.4) is 0 Å². The van der Waals surface area contributed by atoms with E-state index in [-0.39, 0.29) is 52.0 Å². The van der Waals surface area contributed by atoms with Crippen LogP contribution in [0.5, 0.6) is 11.5 Å². The van der Waals surface area contributed by atoms with E-state index in [0.29, 0.717) is 27.9 Å². The van der Waals surface area contributed by atoms with Crippen molar-refractivity contribution < 1.29 is 22.3 Å². The molecule has 0 saturated carbocycles. The zero-order valence-corrected chi connectivity index (χ0v) is 13.9. The Morgan fingerprint density at radius 1 is 1.28 bits per heavy atom. The van der Waals surface area contributed by atoms with Crippen molar-refractivity contribution in [3.05, 3.63) is 41.2 Å². The van der Waals surface area contributed by atoms with Crippen molar-refractivity contribution in [3.8, 4) is 11.5 Å². The summed E-state index contributed by atoms with van der Waals surface area (Å²) in [5, 5.41) is 0.177. The first-order valence-electron chi connectivity index (χ1n) is 10.0. The number of hydrogen-bond acceptors (Lipinski definition) is 5. The summed E-state index contributed by atoms with van der Waals surface area (Å²) in [5.74, 6) is 0.295. The predicted octanol–water partition coefficient (Wildman–Crippen LogP) is 2.25. The van der Waals surface area contributed by atoms with Crippen molar-refractivity contribution >= 4 is 51.8 Å². The molecule has 2 aromatic heterocycles. The van der Waals surface area contributed by atoms with E-state index in [0.717, 1.165) is 0 Å². The van der Waals surface area contributed by atoms with Crippen LogP contribution in [0.4, 0.5) is 0 Å². The van der Waals surface area contributed by atoms with E-state index in [9.17, 15) is 4.55 Å². The van der Waals surface area contributed by atoms with Gasteiger partial charge in [-0.3, -0.25) is 9.97 Å². The second-order valence-electron chi connectivity index (χ2n) is 5.26. The average molecular weight is 375 g/mol. The second kappa shape index (κ2) is 8.42. The van der Waals surface area contributed by atoms with Gasteiger partial charge in [-0.15, -0.1) is 0 Å². The molecule has 0 fully saturated rings. The summed E-state index contributed by atoms with van der Waals surface area (Å²) in [6.45, 7) is 3.34. The standard InChI is InChI=1S/C17H19N3O3S.Na.H/c1-10-8-18-15(11(2)16(10)23-4)9-24(21)17-19-13-6-5-12(22-3)7-14(13)20-17;;/h5-8H,9H2,1-4H3,(H,19,20);;/i3D3,4D3;;. The molecule has 0 spiro atoms. The van der Waals surface area contributed by atoms with Gasteiger partial charge in [0.25, 0.3) is 0 Å². The fourth-order valence-electron chi connectivity index (χ4n) is 2.39. The Hall–Kier alpha value is -1.25. The van der Waals surface area contributed by atoms with Crippen molar-refractivity contribution in [3.63, 3.8) is 0 Å². The van der Waals surface area contributed by atoms with Gasteiger partial charge in [0.1, 0.15) is 11.5 Å². The topological polar surface area (TPSA) is 83.1 Å². The molecule has 0 aliphatic heterocycles. The molecule has 128 valence electrons. The van der Waals surface area contributed by atoms with Crippen LogP contribution < -0.4 is 9.47 Å². The van der Waals surface area contributed by atoms with Gasteiger partial charge >= 0.3 is 34.7 Å². The minimum absolute atomic E-state index is 0. The number of fused-ring (bicyclic) bond motifs is 1. The number of aromatic nitrogens is 3. The maximum absolute atomic E-state index is 12.8. The van der Waals surface area contributed by atoms with Crippen molar-refractivity contribution in [2.24, 2.45) is 0 Å². The Balaban J connectivity index is 0.00000341. The van der Waals surface area contributed by atoms with Crippen molar-refractivity contribution in [2.45, 2.75) is 24.8 Å². The molecule has 6 nitrogen and oxygen atoms in total. The van der Waals surface area contributed by atoms with Crippen LogP contribution >= 0.6 is 0 Å². The van der Waals surface area contributed by atoms with Crippen LogP contribution in [-0.2, 0) is 16.9 Å². The Morgan fingerprint density at radius 3 is 2.84 bits per heavy atom. The number of ether oxygens (including phenoxy) is 2. The Labute approximate surface area is 180 Å². The third-order valence-corrected chi connectivity index (χ3v) is 4.84. The van der Waals surface area contributed by atoms with Crippen molar-refractivity contribution in [2.75, 3.05) is 14.1 Å². The normalized spacial score (nSPS) is 16.4. The molecular weight excluding hydrogens is 349 g/mol. The molecule has 0 amide bonds. The van der Waals surface area contributed by atoms with Crippen LogP contribution in [-0.4, -0.2) is 63.1 Å². The number of aryl methyl sites for hydroxylation is 1. The van der Waals surface area contributed by atoms with Gasteiger partial charge in [-0.05, 0) is 26.0 Å². The molecule has 0 saturated heterocycles. The summed E-state index contributed by atoms with van der Waals surface area (Å²) in [4.78, 5) is 11.5. The van der Waals surface area contributed by atoms with E-state index in [1.807, 2.05) is 0 Å². The van der Waals surface area contributed by atoms with Gasteiger partial charge in [-0.25, -0.2) is 0 Å². The zero-order valence-electron chi connectivity index (χ0n) is 19.0. The van der Waals surface area contributed by atoms with Crippen LogP contribution in [0.15, 0.2) is 29.6 Å². The van der Waals surface area contributed by atoms with Gasteiger partial charge in [0.05, 0.1) is 39.0 Å². The first-order valence-corrected chi connectivity index (χ1v) is 8.35. The monoisotopic (exact) mass is 375 g/mol. The fourth-order valence-corrected chi connectivity index (χ4v) is 3.49. The Kier molecular flexibility index (Phi) is 4.38. The van der Waals surface area contributed by atoms with Gasteiger partial charge < -0.3 is 14.0 Å². The van der Waals surface area contributed by atoms with E-state index in [1.54, 1.807) is 19.9 Å². The number of pyridine rings is 1. The number of rotatable bonds is 5. The molecular formula is C17H20N3NaO3S. The van der Waals surface area contributed by atoms with Crippen LogP contribution in [0.25, 0.3) is 11.0 Å². The van der Waals surface area contributed by atoms with E-state index < -0.39 is 25.3 Å². The van der Waals surface area contributed by atoms with E-state index in [1.165, 1.54) is 18.3 Å². The molecule has 0 bridgehead atoms. The molecule has 1 N–H and O–H groups in total. The van der Waals surface area contributed by atoms with Gasteiger partial charge in [-0.2, -0.15) is 4.98 Å². The van der Waals surface area contributed by atoms with Gasteiger partial charge in [0, 0.05) is 34.6 Å². The van der Waals surface area contributed by atoms with Crippen LogP contribution in [0.1, 0.15) is 25.0 Å². The minimum atomic E-state index is -2.61. The summed E-state index contributed by atoms with van der Waals surface area (Å²) >= 11 is -1.62. The average Bonchev–Trinajstić information content (AvgIpc) is 3.02. The molecule has 0 radical (unpaired) electrons. The van der Waals surface area contributed by atoms with Crippen molar-refractivity contribution in [1.29, 1.82) is 0 Å². The second-order valence-corrected chi connectivity index (χ2v) is 6.62. The van der Waals surface area contributed by atoms with Crippen LogP contribution in [0.2, 0.25) is 0 Å². The Morgan fingerprint density at radius 2 is 2.08 bits per heavy atom. The predicted molar refractivity (Wildman–Crippen MR) is 100 cm³/mol. The van der Waals surface area contributed by atoms with Gasteiger partial charge in [0.2, 0.25) is 0 Å². The SMILES string of the molecule is [2H]C([2H])([2H])Oc1ccc2[nH]c([S+]([O-])Cc3ncc(C)c(OC([2H])([2H])[2H])c3C)nc2c1.[NaH]. The molecule has 0 aliphatic rings. The number of imidazole rings is 1. The third-order valence-electron chi connectivity index (χ3n) is 3.68. The van der Waals surface area contributed by atoms with Gasteiger partial charge in [0.15, 0.2) is 5.75 Å². The quantitative estimate of drug-likeness (QED) is 0.546. The number of nitrogens with zero attached hydrogens (tertiary/aromatic N) is 2. The molecule has 2 heterocycles. The molecule has 0 aliphatic carbocycles. The first-order chi connectivity index (χ1) is 13.8. The van der Waals surface area contributed by atoms with Gasteiger partial charge in [-0.1, -0.05) is 0 Å². The summed E-state index contributed by atoms with van der Waals surface area (Å²) in [6.07, 6.45) is 1.47. The summed E-state index contributed by atoms with van der Waals surface area (Å²) in [5.41, 5.74) is 2.44. The zero-order chi connectivity index (χ0) is 22.3. The molecule has 3 aromatic rings. The summed E-state index contributed by atoms with van der Waals surface area (Å²) in [6, 6.07) is 4.50. The number of nitrogens with one attached hydrogen (secondary N) is 1. The molecule has 3 rings (SSSR count). The molecule has 25 heavy (non-hydrogen) atoms. The first kappa shape index (κ1) is 13.0. The molecule has 1 aromatic carbocycles. The number of H-pyrrole nitrogens is 1. The molecule has 1 atom stereocenters. The number of aromatic amines is 1. The number of benzene rings is 1. The summed E-state index contributed by atoms with van der Waals surface area (Å²) in [7, 11) is -5.20. The molecule has 8 heteroatoms. The van der Waals surface area contributed by atoms with E-state index in [2.05, 4.69) is 15.0 Å². The van der Waals surface area contributed by atoms with Crippen LogP contribution in [0, 0.1) is 13.8 Å². The third kappa shape index (κ3) is 4.12. The van der Waals surface area contributed by atoms with Crippen molar-refractivity contribution in [1.82, 2.24) is 15.0 Å².